The molecule has 2 heteroatoms. The van der Waals surface area contributed by atoms with E-state index in [0.717, 1.165) is 25.0 Å². The van der Waals surface area contributed by atoms with Gasteiger partial charge >= 0.3 is 0 Å². The van der Waals surface area contributed by atoms with Gasteiger partial charge in [0.25, 0.3) is 0 Å². The summed E-state index contributed by atoms with van der Waals surface area (Å²) in [6, 6.07) is 10.6. The van der Waals surface area contributed by atoms with Gasteiger partial charge in [-0.3, -0.25) is 4.98 Å². The number of aryl methyl sites for hydroxylation is 1. The molecule has 0 bridgehead atoms. The molecule has 1 aromatic carbocycles. The lowest BCUT2D eigenvalue weighted by molar-refractivity contribution is 0.414. The van der Waals surface area contributed by atoms with Gasteiger partial charge in [0.2, 0.25) is 0 Å². The van der Waals surface area contributed by atoms with E-state index < -0.39 is 0 Å². The molecule has 0 aliphatic heterocycles. The first-order valence-corrected chi connectivity index (χ1v) is 7.03. The third-order valence-corrected chi connectivity index (χ3v) is 4.11. The molecule has 0 fully saturated rings. The minimum absolute atomic E-state index is 0.938. The van der Waals surface area contributed by atoms with Crippen molar-refractivity contribution in [2.45, 2.75) is 26.2 Å². The molecule has 0 atom stereocenters. The number of nitrogens with zero attached hydrogens (tertiary/aromatic N) is 1. The van der Waals surface area contributed by atoms with E-state index in [2.05, 4.69) is 42.2 Å². The van der Waals surface area contributed by atoms with Gasteiger partial charge in [0.15, 0.2) is 0 Å². The first-order valence-electron chi connectivity index (χ1n) is 7.03. The predicted molar refractivity (Wildman–Crippen MR) is 81.9 cm³/mol. The van der Waals surface area contributed by atoms with E-state index in [1.165, 1.54) is 27.8 Å². The van der Waals surface area contributed by atoms with E-state index in [9.17, 15) is 0 Å². The molecule has 1 aliphatic carbocycles. The van der Waals surface area contributed by atoms with Crippen LogP contribution >= 0.6 is 0 Å². The third kappa shape index (κ3) is 2.46. The van der Waals surface area contributed by atoms with E-state index in [0.29, 0.717) is 0 Å². The van der Waals surface area contributed by atoms with Crippen LogP contribution in [0.5, 0.6) is 5.75 Å². The highest BCUT2D eigenvalue weighted by Gasteiger charge is 2.16. The zero-order valence-corrected chi connectivity index (χ0v) is 12.0. The second kappa shape index (κ2) is 5.49. The molecule has 0 radical (unpaired) electrons. The van der Waals surface area contributed by atoms with Gasteiger partial charge in [-0.05, 0) is 72.7 Å². The first kappa shape index (κ1) is 12.9. The number of pyridine rings is 1. The molecule has 0 saturated carbocycles. The van der Waals surface area contributed by atoms with Gasteiger partial charge in [0, 0.05) is 12.4 Å². The van der Waals surface area contributed by atoms with Gasteiger partial charge in [-0.2, -0.15) is 0 Å². The van der Waals surface area contributed by atoms with Crippen molar-refractivity contribution in [3.05, 3.63) is 65.0 Å². The van der Waals surface area contributed by atoms with Gasteiger partial charge in [0.1, 0.15) is 5.75 Å². The molecule has 0 amide bonds. The summed E-state index contributed by atoms with van der Waals surface area (Å²) in [5.41, 5.74) is 7.04. The Kier molecular flexibility index (Phi) is 3.55. The topological polar surface area (TPSA) is 22.1 Å². The third-order valence-electron chi connectivity index (χ3n) is 4.11. The maximum Gasteiger partial charge on any atom is 0.119 e. The molecule has 0 spiro atoms. The van der Waals surface area contributed by atoms with Crippen LogP contribution in [0, 0.1) is 0 Å². The number of ether oxygens (including phenoxy) is 1. The van der Waals surface area contributed by atoms with Crippen LogP contribution in [0.4, 0.5) is 0 Å². The summed E-state index contributed by atoms with van der Waals surface area (Å²) in [7, 11) is 1.72. The molecule has 20 heavy (non-hydrogen) atoms. The fraction of sp³-hybridized carbons (Fsp3) is 0.278. The van der Waals surface area contributed by atoms with Crippen molar-refractivity contribution in [2.75, 3.05) is 7.11 Å². The number of methoxy groups -OCH3 is 1. The zero-order chi connectivity index (χ0) is 13.9. The number of allylic oxidation sites excluding steroid dienone is 2. The lowest BCUT2D eigenvalue weighted by atomic mass is 9.84. The van der Waals surface area contributed by atoms with Crippen molar-refractivity contribution in [3.8, 4) is 5.75 Å². The summed E-state index contributed by atoms with van der Waals surface area (Å²) in [6.07, 6.45) is 7.02. The summed E-state index contributed by atoms with van der Waals surface area (Å²) in [4.78, 5) is 4.08. The molecule has 1 aromatic heterocycles. The molecule has 3 rings (SSSR count). The van der Waals surface area contributed by atoms with Crippen LogP contribution in [0.15, 0.2) is 48.3 Å². The monoisotopic (exact) mass is 265 g/mol. The molecular weight excluding hydrogens is 246 g/mol. The minimum Gasteiger partial charge on any atom is -0.497 e. The van der Waals surface area contributed by atoms with Crippen molar-refractivity contribution < 1.29 is 4.74 Å². The van der Waals surface area contributed by atoms with E-state index in [4.69, 9.17) is 4.74 Å². The second-order valence-electron chi connectivity index (χ2n) is 5.28. The lowest BCUT2D eigenvalue weighted by Gasteiger charge is -2.22. The Labute approximate surface area is 120 Å². The summed E-state index contributed by atoms with van der Waals surface area (Å²) in [6.45, 7) is 2.23. The standard InChI is InChI=1S/C18H19NO/c1-13-16(11-14-7-9-19-10-8-14)4-3-15-5-6-17(20-2)12-18(13)15/h5-10,12H,3-4,11H2,1-2H3. The van der Waals surface area contributed by atoms with Crippen LogP contribution in [0.3, 0.4) is 0 Å². The van der Waals surface area contributed by atoms with Gasteiger partial charge < -0.3 is 4.74 Å². The van der Waals surface area contributed by atoms with Crippen LogP contribution in [-0.2, 0) is 12.8 Å². The highest BCUT2D eigenvalue weighted by atomic mass is 16.5. The Hall–Kier alpha value is -2.09. The van der Waals surface area contributed by atoms with E-state index in [1.807, 2.05) is 12.4 Å². The largest absolute Gasteiger partial charge is 0.497 e. The minimum atomic E-state index is 0.938. The van der Waals surface area contributed by atoms with Crippen molar-refractivity contribution in [1.29, 1.82) is 0 Å². The van der Waals surface area contributed by atoms with E-state index in [1.54, 1.807) is 7.11 Å². The fourth-order valence-electron chi connectivity index (χ4n) is 2.88. The van der Waals surface area contributed by atoms with Crippen LogP contribution in [-0.4, -0.2) is 12.1 Å². The molecular formula is C18H19NO. The molecule has 2 aromatic rings. The highest BCUT2D eigenvalue weighted by molar-refractivity contribution is 5.73. The van der Waals surface area contributed by atoms with E-state index in [-0.39, 0.29) is 0 Å². The maximum atomic E-state index is 5.35. The Balaban J connectivity index is 1.95. The molecule has 0 unspecified atom stereocenters. The number of rotatable bonds is 3. The summed E-state index contributed by atoms with van der Waals surface area (Å²) >= 11 is 0. The van der Waals surface area contributed by atoms with Gasteiger partial charge in [-0.15, -0.1) is 0 Å². The normalized spacial score (nSPS) is 14.1. The Bertz CT molecular complexity index is 644. The van der Waals surface area contributed by atoms with Crippen molar-refractivity contribution in [3.63, 3.8) is 0 Å². The van der Waals surface area contributed by atoms with Crippen LogP contribution in [0.25, 0.3) is 5.57 Å². The van der Waals surface area contributed by atoms with Crippen LogP contribution in [0.1, 0.15) is 30.0 Å². The van der Waals surface area contributed by atoms with Crippen molar-refractivity contribution in [1.82, 2.24) is 4.98 Å². The number of hydrogen-bond donors (Lipinski definition) is 0. The Morgan fingerprint density at radius 3 is 2.65 bits per heavy atom. The van der Waals surface area contributed by atoms with Gasteiger partial charge in [-0.1, -0.05) is 11.6 Å². The average molecular weight is 265 g/mol. The summed E-state index contributed by atoms with van der Waals surface area (Å²) in [5, 5.41) is 0. The maximum absolute atomic E-state index is 5.35. The van der Waals surface area contributed by atoms with E-state index >= 15 is 0 Å². The molecule has 0 N–H and O–H groups in total. The predicted octanol–water partition coefficient (Wildman–Crippen LogP) is 4.05. The van der Waals surface area contributed by atoms with Crippen LogP contribution < -0.4 is 4.74 Å². The number of aromatic nitrogens is 1. The highest BCUT2D eigenvalue weighted by Crippen LogP contribution is 2.34. The number of hydrogen-bond acceptors (Lipinski definition) is 2. The average Bonchev–Trinajstić information content (AvgIpc) is 2.51. The first-order chi connectivity index (χ1) is 9.78. The molecule has 2 nitrogen and oxygen atoms in total. The van der Waals surface area contributed by atoms with Crippen molar-refractivity contribution in [2.24, 2.45) is 0 Å². The zero-order valence-electron chi connectivity index (χ0n) is 12.0. The van der Waals surface area contributed by atoms with Gasteiger partial charge in [0.05, 0.1) is 7.11 Å². The fourth-order valence-corrected chi connectivity index (χ4v) is 2.88. The quantitative estimate of drug-likeness (QED) is 0.835. The SMILES string of the molecule is COc1ccc2c(c1)C(C)=C(Cc1ccncc1)CC2. The lowest BCUT2D eigenvalue weighted by Crippen LogP contribution is -2.06. The molecule has 1 aliphatic rings. The van der Waals surface area contributed by atoms with Gasteiger partial charge in [-0.25, -0.2) is 0 Å². The number of benzene rings is 1. The summed E-state index contributed by atoms with van der Waals surface area (Å²) < 4.78 is 5.35. The second-order valence-corrected chi connectivity index (χ2v) is 5.28. The smallest absolute Gasteiger partial charge is 0.119 e. The van der Waals surface area contributed by atoms with Crippen molar-refractivity contribution >= 4 is 5.57 Å². The molecule has 0 saturated heterocycles. The Morgan fingerprint density at radius 2 is 1.90 bits per heavy atom. The Morgan fingerprint density at radius 1 is 1.10 bits per heavy atom. The molecule has 1 heterocycles. The molecule has 102 valence electrons. The summed E-state index contributed by atoms with van der Waals surface area (Å²) in [5.74, 6) is 0.938. The van der Waals surface area contributed by atoms with Crippen LogP contribution in [0.2, 0.25) is 0 Å². The number of fused-ring (bicyclic) bond motifs is 1.